The second kappa shape index (κ2) is 5.01. The number of rotatable bonds is 4. The number of nitrogens with zero attached hydrogens (tertiary/aromatic N) is 1. The van der Waals surface area contributed by atoms with Crippen LogP contribution in [0.1, 0.15) is 0 Å². The number of aliphatic hydroxyl groups excluding tert-OH is 5. The third kappa shape index (κ3) is 1.90. The van der Waals surface area contributed by atoms with Gasteiger partial charge in [0.25, 0.3) is 0 Å². The fraction of sp³-hybridized carbons (Fsp3) is 1.00. The van der Waals surface area contributed by atoms with Crippen molar-refractivity contribution in [2.24, 2.45) is 0 Å². The molecule has 6 heteroatoms. The van der Waals surface area contributed by atoms with Crippen LogP contribution in [0.2, 0.25) is 0 Å². The van der Waals surface area contributed by atoms with Crippen LogP contribution in [0.3, 0.4) is 0 Å². The van der Waals surface area contributed by atoms with Crippen LogP contribution in [0.5, 0.6) is 0 Å². The molecule has 1 rings (SSSR count). The predicted octanol–water partition coefficient (Wildman–Crippen LogP) is -3.26. The van der Waals surface area contributed by atoms with Gasteiger partial charge in [0.05, 0.1) is 44.1 Å². The predicted molar refractivity (Wildman–Crippen MR) is 47.6 cm³/mol. The second-order valence-electron chi connectivity index (χ2n) is 3.44. The highest BCUT2D eigenvalue weighted by molar-refractivity contribution is 5.00. The van der Waals surface area contributed by atoms with E-state index in [0.29, 0.717) is 0 Å². The highest BCUT2D eigenvalue weighted by atomic mass is 16.3. The van der Waals surface area contributed by atoms with Gasteiger partial charge < -0.3 is 25.5 Å². The third-order valence-corrected chi connectivity index (χ3v) is 2.72. The topological polar surface area (TPSA) is 104 Å². The molecule has 5 N–H and O–H groups in total. The van der Waals surface area contributed by atoms with Crippen LogP contribution >= 0.6 is 0 Å². The smallest absolute Gasteiger partial charge is 0.0992 e. The first-order chi connectivity index (χ1) is 6.67. The van der Waals surface area contributed by atoms with Crippen molar-refractivity contribution in [2.75, 3.05) is 26.4 Å². The van der Waals surface area contributed by atoms with Crippen molar-refractivity contribution in [3.63, 3.8) is 0 Å². The Labute approximate surface area is 82.0 Å². The summed E-state index contributed by atoms with van der Waals surface area (Å²) in [4.78, 5) is 1.52. The lowest BCUT2D eigenvalue weighted by Gasteiger charge is -2.27. The van der Waals surface area contributed by atoms with Gasteiger partial charge in [0.2, 0.25) is 0 Å². The highest BCUT2D eigenvalue weighted by Gasteiger charge is 2.46. The van der Waals surface area contributed by atoms with Gasteiger partial charge >= 0.3 is 0 Å². The molecule has 0 aromatic heterocycles. The van der Waals surface area contributed by atoms with Gasteiger partial charge in [0.15, 0.2) is 0 Å². The van der Waals surface area contributed by atoms with Gasteiger partial charge in [-0.25, -0.2) is 0 Å². The average Bonchev–Trinajstić information content (AvgIpc) is 2.40. The van der Waals surface area contributed by atoms with Crippen molar-refractivity contribution in [1.82, 2.24) is 4.90 Å². The van der Waals surface area contributed by atoms with E-state index in [9.17, 15) is 10.2 Å². The van der Waals surface area contributed by atoms with Crippen LogP contribution in [0.15, 0.2) is 0 Å². The van der Waals surface area contributed by atoms with E-state index in [1.165, 1.54) is 4.90 Å². The largest absolute Gasteiger partial charge is 0.395 e. The van der Waals surface area contributed by atoms with Crippen molar-refractivity contribution in [1.29, 1.82) is 0 Å². The number of β-amino-alcohol motifs (C(OH)–C–C–N with tert-alkyl or cyclic N) is 1. The van der Waals surface area contributed by atoms with Crippen molar-refractivity contribution in [3.8, 4) is 0 Å². The molecule has 4 atom stereocenters. The Morgan fingerprint density at radius 3 is 1.57 bits per heavy atom. The number of likely N-dealkylation sites (tertiary alicyclic amines) is 1. The van der Waals surface area contributed by atoms with E-state index < -0.39 is 24.3 Å². The number of hydrogen-bond donors (Lipinski definition) is 5. The van der Waals surface area contributed by atoms with Gasteiger partial charge in [0, 0.05) is 6.54 Å². The molecule has 0 unspecified atom stereocenters. The Bertz CT molecular complexity index is 163. The summed E-state index contributed by atoms with van der Waals surface area (Å²) in [6, 6.07) is -1.23. The second-order valence-corrected chi connectivity index (χ2v) is 3.44. The maximum atomic E-state index is 9.51. The van der Waals surface area contributed by atoms with E-state index in [4.69, 9.17) is 15.3 Å². The van der Waals surface area contributed by atoms with Crippen LogP contribution in [-0.2, 0) is 0 Å². The summed E-state index contributed by atoms with van der Waals surface area (Å²) in [5.41, 5.74) is 0. The SMILES string of the molecule is OCCN1[C@H](CO)[C@@H](O)[C@H](O)[C@H]1CO. The minimum Gasteiger partial charge on any atom is -0.395 e. The van der Waals surface area contributed by atoms with Gasteiger partial charge in [-0.15, -0.1) is 0 Å². The van der Waals surface area contributed by atoms with E-state index in [2.05, 4.69) is 0 Å². The van der Waals surface area contributed by atoms with E-state index in [1.54, 1.807) is 0 Å². The molecule has 1 aliphatic heterocycles. The average molecular weight is 207 g/mol. The fourth-order valence-electron chi connectivity index (χ4n) is 1.97. The first-order valence-corrected chi connectivity index (χ1v) is 4.61. The first kappa shape index (κ1) is 11.8. The van der Waals surface area contributed by atoms with Crippen LogP contribution in [0.4, 0.5) is 0 Å². The molecule has 0 bridgehead atoms. The summed E-state index contributed by atoms with van der Waals surface area (Å²) in [6.07, 6.45) is -2.16. The van der Waals surface area contributed by atoms with Gasteiger partial charge in [0.1, 0.15) is 0 Å². The molecule has 0 aliphatic carbocycles. The summed E-state index contributed by atoms with van der Waals surface area (Å²) < 4.78 is 0. The first-order valence-electron chi connectivity index (χ1n) is 4.61. The standard InChI is InChI=1S/C8H17NO5/c10-2-1-9-5(3-11)7(13)8(14)6(9)4-12/h5-8,10-14H,1-4H2/t5-,6-,7-,8-/m1/s1. The Morgan fingerprint density at radius 2 is 1.29 bits per heavy atom. The third-order valence-electron chi connectivity index (χ3n) is 2.72. The summed E-state index contributed by atoms with van der Waals surface area (Å²) in [7, 11) is 0. The lowest BCUT2D eigenvalue weighted by molar-refractivity contribution is 0.0130. The maximum Gasteiger partial charge on any atom is 0.0992 e. The number of hydrogen-bond acceptors (Lipinski definition) is 6. The molecule has 84 valence electrons. The van der Waals surface area contributed by atoms with E-state index in [1.807, 2.05) is 0 Å². The molecule has 0 aromatic carbocycles. The summed E-state index contributed by atoms with van der Waals surface area (Å²) >= 11 is 0. The molecule has 0 amide bonds. The molecule has 1 aliphatic rings. The Hall–Kier alpha value is -0.240. The van der Waals surface area contributed by atoms with Crippen LogP contribution in [0, 0.1) is 0 Å². The highest BCUT2D eigenvalue weighted by Crippen LogP contribution is 2.24. The lowest BCUT2D eigenvalue weighted by atomic mass is 10.1. The zero-order chi connectivity index (χ0) is 10.7. The normalized spacial score (nSPS) is 39.2. The molecule has 6 nitrogen and oxygen atoms in total. The van der Waals surface area contributed by atoms with Crippen molar-refractivity contribution in [2.45, 2.75) is 24.3 Å². The van der Waals surface area contributed by atoms with Crippen molar-refractivity contribution >= 4 is 0 Å². The minimum absolute atomic E-state index is 0.146. The van der Waals surface area contributed by atoms with Crippen molar-refractivity contribution < 1.29 is 25.5 Å². The summed E-state index contributed by atoms with van der Waals surface area (Å²) in [6.45, 7) is -0.555. The zero-order valence-corrected chi connectivity index (χ0v) is 7.82. The molecule has 0 saturated carbocycles. The van der Waals surface area contributed by atoms with Crippen LogP contribution < -0.4 is 0 Å². The van der Waals surface area contributed by atoms with E-state index in [-0.39, 0.29) is 26.4 Å². The molecule has 0 aromatic rings. The zero-order valence-electron chi connectivity index (χ0n) is 7.82. The van der Waals surface area contributed by atoms with Crippen LogP contribution in [-0.4, -0.2) is 81.1 Å². The Balaban J connectivity index is 2.74. The maximum absolute atomic E-state index is 9.51. The van der Waals surface area contributed by atoms with Gasteiger partial charge in [-0.05, 0) is 0 Å². The molecule has 1 fully saturated rings. The van der Waals surface area contributed by atoms with Gasteiger partial charge in [-0.3, -0.25) is 4.90 Å². The van der Waals surface area contributed by atoms with Crippen molar-refractivity contribution in [3.05, 3.63) is 0 Å². The van der Waals surface area contributed by atoms with Crippen LogP contribution in [0.25, 0.3) is 0 Å². The molecular weight excluding hydrogens is 190 g/mol. The lowest BCUT2D eigenvalue weighted by Crippen LogP contribution is -2.44. The Kier molecular flexibility index (Phi) is 4.24. The molecule has 0 spiro atoms. The minimum atomic E-state index is -1.08. The quantitative estimate of drug-likeness (QED) is 0.331. The molecule has 0 radical (unpaired) electrons. The monoisotopic (exact) mass is 207 g/mol. The van der Waals surface area contributed by atoms with E-state index >= 15 is 0 Å². The summed E-state index contributed by atoms with van der Waals surface area (Å²) in [5.74, 6) is 0. The summed E-state index contributed by atoms with van der Waals surface area (Å²) in [5, 5.41) is 45.8. The molecular formula is C8H17NO5. The Morgan fingerprint density at radius 1 is 0.857 bits per heavy atom. The molecule has 1 heterocycles. The van der Waals surface area contributed by atoms with Gasteiger partial charge in [-0.1, -0.05) is 0 Å². The fourth-order valence-corrected chi connectivity index (χ4v) is 1.97. The van der Waals surface area contributed by atoms with E-state index in [0.717, 1.165) is 0 Å². The van der Waals surface area contributed by atoms with Gasteiger partial charge in [-0.2, -0.15) is 0 Å². The number of aliphatic hydroxyl groups is 5. The molecule has 14 heavy (non-hydrogen) atoms. The molecule has 1 saturated heterocycles.